The van der Waals surface area contributed by atoms with Crippen molar-refractivity contribution < 1.29 is 19.0 Å². The lowest BCUT2D eigenvalue weighted by atomic mass is 10.0. The van der Waals surface area contributed by atoms with E-state index in [2.05, 4.69) is 16.6 Å². The molecule has 0 unspecified atom stereocenters. The maximum Gasteiger partial charge on any atom is 0.384 e. The lowest BCUT2D eigenvalue weighted by molar-refractivity contribution is -0.202. The molecule has 1 aromatic carbocycles. The monoisotopic (exact) mass is 248 g/mol. The minimum atomic E-state index is -0.901. The molecule has 4 nitrogen and oxygen atoms in total. The normalized spacial score (nSPS) is 10.4. The van der Waals surface area contributed by atoms with E-state index in [1.807, 2.05) is 18.2 Å². The van der Waals surface area contributed by atoms with Crippen molar-refractivity contribution in [3.05, 3.63) is 35.4 Å². The van der Waals surface area contributed by atoms with Crippen molar-refractivity contribution in [3.8, 4) is 11.8 Å². The number of ether oxygens (including phenoxy) is 3. The number of rotatable bonds is 3. The molecule has 96 valence electrons. The summed E-state index contributed by atoms with van der Waals surface area (Å²) in [7, 11) is 4.39. The first-order chi connectivity index (χ1) is 8.57. The number of hydrogen-bond acceptors (Lipinski definition) is 4. The van der Waals surface area contributed by atoms with Crippen molar-refractivity contribution in [2.45, 2.75) is 12.7 Å². The standard InChI is InChI=1S/C14H16O4/c1-14(17-3,18-4)12-8-6-5-7-11(12)9-10-13(15)16-2/h5-8H,1-4H3. The SMILES string of the molecule is COC(=O)C#Cc1ccccc1C(C)(OC)OC. The van der Waals surface area contributed by atoms with Gasteiger partial charge in [0, 0.05) is 31.3 Å². The van der Waals surface area contributed by atoms with Gasteiger partial charge < -0.3 is 14.2 Å². The van der Waals surface area contributed by atoms with Crippen LogP contribution in [-0.2, 0) is 24.8 Å². The van der Waals surface area contributed by atoms with E-state index in [1.54, 1.807) is 27.2 Å². The van der Waals surface area contributed by atoms with Gasteiger partial charge in [-0.15, -0.1) is 0 Å². The molecule has 0 heterocycles. The number of benzene rings is 1. The average molecular weight is 248 g/mol. The summed E-state index contributed by atoms with van der Waals surface area (Å²) in [5.74, 6) is 3.66. The van der Waals surface area contributed by atoms with Crippen LogP contribution < -0.4 is 0 Å². The Balaban J connectivity index is 3.21. The summed E-state index contributed by atoms with van der Waals surface area (Å²) in [6.07, 6.45) is 0. The van der Waals surface area contributed by atoms with Gasteiger partial charge in [0.2, 0.25) is 0 Å². The Hall–Kier alpha value is -1.83. The van der Waals surface area contributed by atoms with Gasteiger partial charge in [-0.2, -0.15) is 0 Å². The third kappa shape index (κ3) is 3.10. The summed E-state index contributed by atoms with van der Waals surface area (Å²) >= 11 is 0. The summed E-state index contributed by atoms with van der Waals surface area (Å²) in [6.45, 7) is 1.78. The van der Waals surface area contributed by atoms with Crippen LogP contribution in [0.25, 0.3) is 0 Å². The number of methoxy groups -OCH3 is 3. The van der Waals surface area contributed by atoms with E-state index >= 15 is 0 Å². The highest BCUT2D eigenvalue weighted by atomic mass is 16.7. The molecule has 0 N–H and O–H groups in total. The first-order valence-electron chi connectivity index (χ1n) is 5.37. The Kier molecular flexibility index (Phi) is 4.90. The molecule has 0 aliphatic heterocycles. The molecule has 18 heavy (non-hydrogen) atoms. The molecular weight excluding hydrogens is 232 g/mol. The van der Waals surface area contributed by atoms with Crippen LogP contribution in [-0.4, -0.2) is 27.3 Å². The Morgan fingerprint density at radius 3 is 2.33 bits per heavy atom. The molecule has 0 amide bonds. The zero-order chi connectivity index (χ0) is 13.6. The lowest BCUT2D eigenvalue weighted by Gasteiger charge is -2.27. The van der Waals surface area contributed by atoms with Crippen molar-refractivity contribution >= 4 is 5.97 Å². The van der Waals surface area contributed by atoms with Crippen LogP contribution in [0.3, 0.4) is 0 Å². The van der Waals surface area contributed by atoms with Crippen LogP contribution in [0.4, 0.5) is 0 Å². The smallest absolute Gasteiger partial charge is 0.384 e. The molecule has 0 fully saturated rings. The molecular formula is C14H16O4. The first kappa shape index (κ1) is 14.2. The third-order valence-corrected chi connectivity index (χ3v) is 2.68. The van der Waals surface area contributed by atoms with Crippen LogP contribution in [0.15, 0.2) is 24.3 Å². The lowest BCUT2D eigenvalue weighted by Crippen LogP contribution is -2.27. The molecule has 1 rings (SSSR count). The minimum Gasteiger partial charge on any atom is -0.459 e. The number of hydrogen-bond donors (Lipinski definition) is 0. The fourth-order valence-electron chi connectivity index (χ4n) is 1.46. The first-order valence-corrected chi connectivity index (χ1v) is 5.37. The van der Waals surface area contributed by atoms with Gasteiger partial charge in [0.05, 0.1) is 7.11 Å². The molecule has 0 aliphatic carbocycles. The van der Waals surface area contributed by atoms with E-state index in [4.69, 9.17) is 9.47 Å². The molecule has 0 aromatic heterocycles. The Morgan fingerprint density at radius 2 is 1.78 bits per heavy atom. The Bertz CT molecular complexity index is 478. The number of carbonyl (C=O) groups excluding carboxylic acids is 1. The zero-order valence-electron chi connectivity index (χ0n) is 10.9. The largest absolute Gasteiger partial charge is 0.459 e. The van der Waals surface area contributed by atoms with Crippen molar-refractivity contribution in [2.24, 2.45) is 0 Å². The van der Waals surface area contributed by atoms with Crippen LogP contribution in [0.5, 0.6) is 0 Å². The topological polar surface area (TPSA) is 44.8 Å². The van der Waals surface area contributed by atoms with Crippen LogP contribution >= 0.6 is 0 Å². The fourth-order valence-corrected chi connectivity index (χ4v) is 1.46. The van der Waals surface area contributed by atoms with Crippen molar-refractivity contribution in [2.75, 3.05) is 21.3 Å². The molecule has 0 bridgehead atoms. The van der Waals surface area contributed by atoms with Gasteiger partial charge >= 0.3 is 5.97 Å². The summed E-state index contributed by atoms with van der Waals surface area (Å²) < 4.78 is 15.2. The molecule has 0 saturated heterocycles. The molecule has 0 saturated carbocycles. The molecule has 4 heteroatoms. The Labute approximate surface area is 107 Å². The highest BCUT2D eigenvalue weighted by Gasteiger charge is 2.27. The fraction of sp³-hybridized carbons (Fsp3) is 0.357. The second-order valence-electron chi connectivity index (χ2n) is 3.64. The van der Waals surface area contributed by atoms with Gasteiger partial charge in [-0.1, -0.05) is 24.1 Å². The van der Waals surface area contributed by atoms with E-state index < -0.39 is 11.8 Å². The van der Waals surface area contributed by atoms with E-state index in [9.17, 15) is 4.79 Å². The van der Waals surface area contributed by atoms with Crippen LogP contribution in [0.2, 0.25) is 0 Å². The van der Waals surface area contributed by atoms with Crippen LogP contribution in [0, 0.1) is 11.8 Å². The minimum absolute atomic E-state index is 0.582. The third-order valence-electron chi connectivity index (χ3n) is 2.68. The maximum absolute atomic E-state index is 11.0. The van der Waals surface area contributed by atoms with E-state index in [0.717, 1.165) is 5.56 Å². The highest BCUT2D eigenvalue weighted by Crippen LogP contribution is 2.27. The zero-order valence-corrected chi connectivity index (χ0v) is 10.9. The van der Waals surface area contributed by atoms with Gasteiger partial charge in [-0.05, 0) is 13.0 Å². The second-order valence-corrected chi connectivity index (χ2v) is 3.64. The number of esters is 1. The maximum atomic E-state index is 11.0. The predicted octanol–water partition coefficient (Wildman–Crippen LogP) is 1.68. The molecule has 0 radical (unpaired) electrons. The van der Waals surface area contributed by atoms with Gasteiger partial charge in [0.15, 0.2) is 5.79 Å². The average Bonchev–Trinajstić information content (AvgIpc) is 2.44. The summed E-state index contributed by atoms with van der Waals surface area (Å²) in [6, 6.07) is 7.32. The molecule has 1 aromatic rings. The van der Waals surface area contributed by atoms with Gasteiger partial charge in [-0.25, -0.2) is 4.79 Å². The van der Waals surface area contributed by atoms with Crippen LogP contribution in [0.1, 0.15) is 18.1 Å². The molecule has 0 aliphatic rings. The molecule has 0 atom stereocenters. The van der Waals surface area contributed by atoms with E-state index in [-0.39, 0.29) is 0 Å². The highest BCUT2D eigenvalue weighted by molar-refractivity contribution is 5.89. The molecule has 0 spiro atoms. The van der Waals surface area contributed by atoms with Gasteiger partial charge in [0.25, 0.3) is 0 Å². The summed E-state index contributed by atoms with van der Waals surface area (Å²) in [4.78, 5) is 11.0. The summed E-state index contributed by atoms with van der Waals surface area (Å²) in [5, 5.41) is 0. The van der Waals surface area contributed by atoms with Crippen molar-refractivity contribution in [1.82, 2.24) is 0 Å². The van der Waals surface area contributed by atoms with Crippen molar-refractivity contribution in [3.63, 3.8) is 0 Å². The Morgan fingerprint density at radius 1 is 1.17 bits per heavy atom. The van der Waals surface area contributed by atoms with E-state index in [0.29, 0.717) is 5.56 Å². The van der Waals surface area contributed by atoms with Gasteiger partial charge in [0.1, 0.15) is 0 Å². The van der Waals surface area contributed by atoms with Gasteiger partial charge in [-0.3, -0.25) is 0 Å². The quantitative estimate of drug-likeness (QED) is 0.464. The van der Waals surface area contributed by atoms with Crippen molar-refractivity contribution in [1.29, 1.82) is 0 Å². The van der Waals surface area contributed by atoms with E-state index in [1.165, 1.54) is 7.11 Å². The second kappa shape index (κ2) is 6.20. The summed E-state index contributed by atoms with van der Waals surface area (Å²) in [5.41, 5.74) is 1.42. The number of carbonyl (C=O) groups is 1. The predicted molar refractivity (Wildman–Crippen MR) is 66.7 cm³/mol.